The average molecular weight is 531 g/mol. The smallest absolute Gasteiger partial charge is 0.277 e. The van der Waals surface area contributed by atoms with Crippen LogP contribution in [-0.4, -0.2) is 72.0 Å². The van der Waals surface area contributed by atoms with E-state index in [1.807, 2.05) is 25.1 Å². The van der Waals surface area contributed by atoms with Crippen molar-refractivity contribution in [1.82, 2.24) is 20.2 Å². The summed E-state index contributed by atoms with van der Waals surface area (Å²) in [4.78, 5) is 27.1. The second-order valence-electron chi connectivity index (χ2n) is 9.81. The van der Waals surface area contributed by atoms with Gasteiger partial charge in [0.25, 0.3) is 5.69 Å². The van der Waals surface area contributed by atoms with Crippen LogP contribution >= 0.6 is 0 Å². The second-order valence-corrected chi connectivity index (χ2v) is 9.81. The van der Waals surface area contributed by atoms with Crippen LogP contribution in [0.2, 0.25) is 0 Å². The first kappa shape index (κ1) is 26.9. The van der Waals surface area contributed by atoms with Crippen LogP contribution in [0.3, 0.4) is 0 Å². The Morgan fingerprint density at radius 3 is 2.77 bits per heavy atom. The number of fused-ring (bicyclic) bond motifs is 1. The highest BCUT2D eigenvalue weighted by Gasteiger charge is 2.38. The Labute approximate surface area is 227 Å². The van der Waals surface area contributed by atoms with Gasteiger partial charge in [-0.2, -0.15) is 0 Å². The lowest BCUT2D eigenvalue weighted by Crippen LogP contribution is -2.38. The summed E-state index contributed by atoms with van der Waals surface area (Å²) in [6, 6.07) is 11.4. The number of nitro groups is 1. The van der Waals surface area contributed by atoms with Gasteiger partial charge in [-0.15, -0.1) is 0 Å². The number of rotatable bonds is 12. The minimum absolute atomic E-state index is 0.0145. The summed E-state index contributed by atoms with van der Waals surface area (Å²) in [7, 11) is 0. The number of ether oxygens (including phenoxy) is 2. The van der Waals surface area contributed by atoms with Crippen LogP contribution in [0, 0.1) is 10.1 Å². The molecule has 10 nitrogen and oxygen atoms in total. The molecule has 39 heavy (non-hydrogen) atoms. The minimum atomic E-state index is -1.03. The summed E-state index contributed by atoms with van der Waals surface area (Å²) in [5, 5.41) is 16.0. The molecule has 2 aliphatic heterocycles. The normalized spacial score (nSPS) is 19.4. The molecule has 0 amide bonds. The fourth-order valence-electron chi connectivity index (χ4n) is 5.10. The molecule has 1 unspecified atom stereocenters. The quantitative estimate of drug-likeness (QED) is 0.212. The summed E-state index contributed by atoms with van der Waals surface area (Å²) < 4.78 is 11.3. The van der Waals surface area contributed by atoms with E-state index in [0.29, 0.717) is 36.0 Å². The molecule has 10 heteroatoms. The zero-order valence-corrected chi connectivity index (χ0v) is 22.2. The highest BCUT2D eigenvalue weighted by Crippen LogP contribution is 2.38. The van der Waals surface area contributed by atoms with E-state index < -0.39 is 5.66 Å². The van der Waals surface area contributed by atoms with Crippen molar-refractivity contribution in [1.29, 1.82) is 0 Å². The number of allylic oxidation sites excluding steroid dienone is 1. The van der Waals surface area contributed by atoms with Crippen LogP contribution in [0.15, 0.2) is 65.6 Å². The first-order valence-corrected chi connectivity index (χ1v) is 13.5. The van der Waals surface area contributed by atoms with Gasteiger partial charge in [0, 0.05) is 37.0 Å². The highest BCUT2D eigenvalue weighted by atomic mass is 16.6. The van der Waals surface area contributed by atoms with Gasteiger partial charge >= 0.3 is 0 Å². The first-order valence-electron chi connectivity index (χ1n) is 13.5. The van der Waals surface area contributed by atoms with E-state index in [-0.39, 0.29) is 10.6 Å². The summed E-state index contributed by atoms with van der Waals surface area (Å²) in [6.07, 6.45) is 9.58. The number of hydrogen-bond donors (Lipinski definition) is 1. The molecule has 1 N–H and O–H groups in total. The number of hydrogen-bond acceptors (Lipinski definition) is 9. The fraction of sp³-hybridized carbons (Fsp3) is 0.414. The third-order valence-electron chi connectivity index (χ3n) is 7.08. The van der Waals surface area contributed by atoms with Gasteiger partial charge in [0.05, 0.1) is 35.8 Å². The SMILES string of the molecule is CCNC1(c2cc3ncncc3cc2[N+](=O)[O-])C=C(Cc2ccc(OCCCCN3CCOCC3)cc2)C=N1. The van der Waals surface area contributed by atoms with Crippen molar-refractivity contribution in [2.75, 3.05) is 46.0 Å². The topological polar surface area (TPSA) is 115 Å². The molecule has 3 heterocycles. The summed E-state index contributed by atoms with van der Waals surface area (Å²) in [6.45, 7) is 8.04. The summed E-state index contributed by atoms with van der Waals surface area (Å²) >= 11 is 0. The molecule has 3 aromatic rings. The number of likely N-dealkylation sites (N-methyl/N-ethyl adjacent to an activating group) is 1. The van der Waals surface area contributed by atoms with E-state index in [1.54, 1.807) is 18.5 Å². The Balaban J connectivity index is 1.23. The van der Waals surface area contributed by atoms with Crippen LogP contribution in [0.4, 0.5) is 5.69 Å². The van der Waals surface area contributed by atoms with Crippen LogP contribution < -0.4 is 10.1 Å². The van der Waals surface area contributed by atoms with Crippen molar-refractivity contribution in [2.45, 2.75) is 31.8 Å². The molecular formula is C29H34N6O4. The molecule has 0 spiro atoms. The van der Waals surface area contributed by atoms with Gasteiger partial charge < -0.3 is 9.47 Å². The number of aliphatic imine (C=N–C) groups is 1. The van der Waals surface area contributed by atoms with Gasteiger partial charge in [0.15, 0.2) is 5.66 Å². The zero-order chi connectivity index (χ0) is 27.1. The molecule has 0 saturated carbocycles. The predicted molar refractivity (Wildman–Crippen MR) is 150 cm³/mol. The standard InChI is InChI=1S/C29H34N6O4/c1-2-32-29(26-17-27-24(20-30-21-31-27)16-28(26)35(36)37)18-23(19-33-29)15-22-5-7-25(8-6-22)39-12-4-3-9-34-10-13-38-14-11-34/h5-8,16-21,32H,2-4,9-15H2,1H3. The van der Waals surface area contributed by atoms with Crippen LogP contribution in [-0.2, 0) is 16.8 Å². The molecule has 5 rings (SSSR count). The Bertz CT molecular complexity index is 1350. The third kappa shape index (κ3) is 6.47. The number of nitrogens with one attached hydrogen (secondary N) is 1. The number of nitro benzene ring substituents is 1. The van der Waals surface area contributed by atoms with Crippen molar-refractivity contribution < 1.29 is 14.4 Å². The van der Waals surface area contributed by atoms with Crippen molar-refractivity contribution in [2.24, 2.45) is 4.99 Å². The fourth-order valence-corrected chi connectivity index (χ4v) is 5.10. The van der Waals surface area contributed by atoms with E-state index in [4.69, 9.17) is 14.5 Å². The van der Waals surface area contributed by atoms with Crippen molar-refractivity contribution in [3.63, 3.8) is 0 Å². The Hall–Kier alpha value is -3.73. The Kier molecular flexibility index (Phi) is 8.55. The Morgan fingerprint density at radius 2 is 2.00 bits per heavy atom. The molecule has 0 radical (unpaired) electrons. The highest BCUT2D eigenvalue weighted by molar-refractivity contribution is 5.86. The molecule has 0 bridgehead atoms. The maximum atomic E-state index is 12.0. The average Bonchev–Trinajstić information content (AvgIpc) is 3.37. The maximum absolute atomic E-state index is 12.0. The molecule has 1 atom stereocenters. The first-order chi connectivity index (χ1) is 19.1. The van der Waals surface area contributed by atoms with Crippen molar-refractivity contribution in [3.05, 3.63) is 81.8 Å². The van der Waals surface area contributed by atoms with Gasteiger partial charge in [-0.3, -0.25) is 25.3 Å². The predicted octanol–water partition coefficient (Wildman–Crippen LogP) is 4.05. The maximum Gasteiger partial charge on any atom is 0.277 e. The van der Waals surface area contributed by atoms with Crippen LogP contribution in [0.1, 0.15) is 30.9 Å². The monoisotopic (exact) mass is 530 g/mol. The molecule has 1 fully saturated rings. The molecule has 2 aromatic carbocycles. The van der Waals surface area contributed by atoms with Gasteiger partial charge in [0.1, 0.15) is 12.1 Å². The molecule has 0 aliphatic carbocycles. The van der Waals surface area contributed by atoms with E-state index in [9.17, 15) is 10.1 Å². The van der Waals surface area contributed by atoms with Gasteiger partial charge in [-0.1, -0.05) is 19.1 Å². The number of morpholine rings is 1. The zero-order valence-electron chi connectivity index (χ0n) is 22.2. The van der Waals surface area contributed by atoms with E-state index in [2.05, 4.69) is 32.3 Å². The number of benzene rings is 2. The Morgan fingerprint density at radius 1 is 1.18 bits per heavy atom. The largest absolute Gasteiger partial charge is 0.494 e. The second kappa shape index (κ2) is 12.4. The summed E-state index contributed by atoms with van der Waals surface area (Å²) in [5.41, 5.74) is 2.14. The third-order valence-corrected chi connectivity index (χ3v) is 7.08. The molecule has 1 saturated heterocycles. The molecule has 204 valence electrons. The molecule has 2 aliphatic rings. The van der Waals surface area contributed by atoms with Crippen molar-refractivity contribution in [3.8, 4) is 5.75 Å². The van der Waals surface area contributed by atoms with Gasteiger partial charge in [0.2, 0.25) is 0 Å². The lowest BCUT2D eigenvalue weighted by molar-refractivity contribution is -0.385. The lowest BCUT2D eigenvalue weighted by atomic mass is 9.94. The van der Waals surface area contributed by atoms with Crippen molar-refractivity contribution >= 4 is 22.8 Å². The number of unbranched alkanes of at least 4 members (excludes halogenated alkanes) is 1. The molecular weight excluding hydrogens is 496 g/mol. The van der Waals surface area contributed by atoms with Gasteiger partial charge in [-0.25, -0.2) is 9.97 Å². The van der Waals surface area contributed by atoms with E-state index >= 15 is 0 Å². The van der Waals surface area contributed by atoms with E-state index in [1.165, 1.54) is 12.4 Å². The summed E-state index contributed by atoms with van der Waals surface area (Å²) in [5.74, 6) is 0.856. The minimum Gasteiger partial charge on any atom is -0.494 e. The van der Waals surface area contributed by atoms with Crippen LogP contribution in [0.5, 0.6) is 5.75 Å². The van der Waals surface area contributed by atoms with Gasteiger partial charge in [-0.05, 0) is 67.8 Å². The van der Waals surface area contributed by atoms with Crippen LogP contribution in [0.25, 0.3) is 10.9 Å². The number of aromatic nitrogens is 2. The number of nitrogens with zero attached hydrogens (tertiary/aromatic N) is 5. The lowest BCUT2D eigenvalue weighted by Gasteiger charge is -2.26. The van der Waals surface area contributed by atoms with E-state index in [0.717, 1.165) is 62.6 Å². The molecule has 1 aromatic heterocycles.